The molecule has 1 amide bonds. The zero-order valence-corrected chi connectivity index (χ0v) is 18.8. The first-order valence-electron chi connectivity index (χ1n) is 11.0. The predicted molar refractivity (Wildman–Crippen MR) is 122 cm³/mol. The summed E-state index contributed by atoms with van der Waals surface area (Å²) in [5.74, 6) is 1.08. The van der Waals surface area contributed by atoms with Crippen LogP contribution in [0.5, 0.6) is 0 Å². The maximum absolute atomic E-state index is 13.0. The highest BCUT2D eigenvalue weighted by molar-refractivity contribution is 6.30. The minimum Gasteiger partial charge on any atom is -0.352 e. The van der Waals surface area contributed by atoms with Gasteiger partial charge in [-0.05, 0) is 63.8 Å². The number of hydrogen-bond acceptors (Lipinski definition) is 5. The topological polar surface area (TPSA) is 67.2 Å². The fraction of sp³-hybridized carbons (Fsp3) is 0.478. The summed E-state index contributed by atoms with van der Waals surface area (Å²) in [7, 11) is 0. The van der Waals surface area contributed by atoms with Crippen LogP contribution in [0.1, 0.15) is 37.1 Å². The number of aryl methyl sites for hydroxylation is 2. The molecule has 0 spiro atoms. The molecule has 1 atom stereocenters. The number of halogens is 1. The van der Waals surface area contributed by atoms with Crippen molar-refractivity contribution < 1.29 is 4.79 Å². The van der Waals surface area contributed by atoms with E-state index in [1.807, 2.05) is 40.8 Å². The van der Waals surface area contributed by atoms with Gasteiger partial charge in [-0.25, -0.2) is 4.68 Å². The number of likely N-dealkylation sites (tertiary alicyclic amines) is 1. The molecule has 0 saturated carbocycles. The van der Waals surface area contributed by atoms with Gasteiger partial charge in [-0.2, -0.15) is 10.2 Å². The van der Waals surface area contributed by atoms with Crippen LogP contribution in [0.4, 0.5) is 5.82 Å². The number of nitrogens with zero attached hydrogens (tertiary/aromatic N) is 6. The molecule has 2 saturated heterocycles. The fourth-order valence-corrected chi connectivity index (χ4v) is 5.05. The molecule has 4 heterocycles. The summed E-state index contributed by atoms with van der Waals surface area (Å²) >= 11 is 6.07. The van der Waals surface area contributed by atoms with E-state index in [1.165, 1.54) is 0 Å². The van der Waals surface area contributed by atoms with Crippen molar-refractivity contribution in [3.63, 3.8) is 0 Å². The number of amides is 1. The number of aromatic nitrogens is 4. The summed E-state index contributed by atoms with van der Waals surface area (Å²) in [5, 5.41) is 15.6. The lowest BCUT2D eigenvalue weighted by Crippen LogP contribution is -2.44. The van der Waals surface area contributed by atoms with Crippen LogP contribution in [0.3, 0.4) is 0 Å². The molecule has 0 aliphatic carbocycles. The standard InChI is InChI=1S/C23H27ClN6O/c1-15-20-16(2)30(19-9-7-18(24)8-10-19)27-21(20)22(26-25-15)29-13-5-6-17(14-29)23(31)28-11-3-4-12-28/h7-10,17H,3-6,11-14H2,1-2H3. The SMILES string of the molecule is Cc1nnc(N2CCCC(C(=O)N3CCCC3)C2)c2nn(-c3ccc(Cl)cc3)c(C)c12. The highest BCUT2D eigenvalue weighted by Gasteiger charge is 2.32. The molecule has 2 aromatic heterocycles. The molecule has 1 unspecified atom stereocenters. The van der Waals surface area contributed by atoms with E-state index in [1.54, 1.807) is 0 Å². The molecule has 5 rings (SSSR count). The molecule has 1 aromatic carbocycles. The first kappa shape index (κ1) is 20.2. The Balaban J connectivity index is 1.51. The van der Waals surface area contributed by atoms with E-state index < -0.39 is 0 Å². The maximum Gasteiger partial charge on any atom is 0.227 e. The van der Waals surface area contributed by atoms with Gasteiger partial charge in [0.1, 0.15) is 5.52 Å². The van der Waals surface area contributed by atoms with Crippen LogP contribution in [0.15, 0.2) is 24.3 Å². The average molecular weight is 439 g/mol. The van der Waals surface area contributed by atoms with E-state index in [0.717, 1.165) is 79.1 Å². The molecular weight excluding hydrogens is 412 g/mol. The molecule has 0 bridgehead atoms. The summed E-state index contributed by atoms with van der Waals surface area (Å²) in [4.78, 5) is 17.2. The molecule has 8 heteroatoms. The zero-order chi connectivity index (χ0) is 21.5. The molecule has 162 valence electrons. The van der Waals surface area contributed by atoms with Crippen LogP contribution in [0.2, 0.25) is 5.02 Å². The van der Waals surface area contributed by atoms with Crippen LogP contribution in [0.25, 0.3) is 16.6 Å². The van der Waals surface area contributed by atoms with Crippen LogP contribution in [-0.4, -0.2) is 57.0 Å². The highest BCUT2D eigenvalue weighted by atomic mass is 35.5. The van der Waals surface area contributed by atoms with Crippen molar-refractivity contribution in [3.8, 4) is 5.69 Å². The average Bonchev–Trinajstić information content (AvgIpc) is 3.43. The Labute approximate surface area is 187 Å². The summed E-state index contributed by atoms with van der Waals surface area (Å²) < 4.78 is 1.93. The molecule has 3 aromatic rings. The third kappa shape index (κ3) is 3.65. The van der Waals surface area contributed by atoms with Crippen molar-refractivity contribution in [2.75, 3.05) is 31.1 Å². The first-order valence-corrected chi connectivity index (χ1v) is 11.4. The van der Waals surface area contributed by atoms with Gasteiger partial charge >= 0.3 is 0 Å². The van der Waals surface area contributed by atoms with Gasteiger partial charge in [0, 0.05) is 31.2 Å². The molecule has 2 aliphatic heterocycles. The third-order valence-electron chi connectivity index (χ3n) is 6.54. The van der Waals surface area contributed by atoms with Gasteiger partial charge in [-0.3, -0.25) is 4.79 Å². The first-order chi connectivity index (χ1) is 15.0. The van der Waals surface area contributed by atoms with Gasteiger partial charge in [0.2, 0.25) is 5.91 Å². The molecule has 2 fully saturated rings. The Morgan fingerprint density at radius 3 is 2.52 bits per heavy atom. The Morgan fingerprint density at radius 1 is 1.03 bits per heavy atom. The molecule has 7 nitrogen and oxygen atoms in total. The Kier molecular flexibility index (Phi) is 5.30. The fourth-order valence-electron chi connectivity index (χ4n) is 4.93. The number of fused-ring (bicyclic) bond motifs is 1. The number of hydrogen-bond donors (Lipinski definition) is 0. The molecular formula is C23H27ClN6O. The van der Waals surface area contributed by atoms with Crippen molar-refractivity contribution in [3.05, 3.63) is 40.7 Å². The normalized spacial score (nSPS) is 19.4. The largest absolute Gasteiger partial charge is 0.352 e. The van der Waals surface area contributed by atoms with Crippen molar-refractivity contribution in [1.82, 2.24) is 24.9 Å². The van der Waals surface area contributed by atoms with Crippen LogP contribution >= 0.6 is 11.6 Å². The predicted octanol–water partition coefficient (Wildman–Crippen LogP) is 3.92. The number of carbonyl (C=O) groups is 1. The quantitative estimate of drug-likeness (QED) is 0.619. The summed E-state index contributed by atoms with van der Waals surface area (Å²) in [6, 6.07) is 7.66. The second-order valence-corrected chi connectivity index (χ2v) is 9.06. The molecule has 2 aliphatic rings. The van der Waals surface area contributed by atoms with Crippen molar-refractivity contribution in [2.24, 2.45) is 5.92 Å². The second kappa shape index (κ2) is 8.11. The van der Waals surface area contributed by atoms with E-state index in [0.29, 0.717) is 17.5 Å². The Hall–Kier alpha value is -2.67. The lowest BCUT2D eigenvalue weighted by molar-refractivity contribution is -0.134. The van der Waals surface area contributed by atoms with Crippen molar-refractivity contribution in [1.29, 1.82) is 0 Å². The van der Waals surface area contributed by atoms with E-state index >= 15 is 0 Å². The summed E-state index contributed by atoms with van der Waals surface area (Å²) in [5.41, 5.74) is 3.67. The van der Waals surface area contributed by atoms with Gasteiger partial charge in [0.15, 0.2) is 5.82 Å². The Bertz CT molecular complexity index is 1120. The van der Waals surface area contributed by atoms with Gasteiger partial charge in [-0.15, -0.1) is 5.10 Å². The lowest BCUT2D eigenvalue weighted by atomic mass is 9.96. The number of benzene rings is 1. The van der Waals surface area contributed by atoms with Gasteiger partial charge in [0.05, 0.1) is 28.4 Å². The minimum atomic E-state index is 0.0180. The third-order valence-corrected chi connectivity index (χ3v) is 6.80. The molecule has 31 heavy (non-hydrogen) atoms. The maximum atomic E-state index is 13.0. The van der Waals surface area contributed by atoms with Gasteiger partial charge in [0.25, 0.3) is 0 Å². The second-order valence-electron chi connectivity index (χ2n) is 8.62. The number of rotatable bonds is 3. The van der Waals surface area contributed by atoms with E-state index in [-0.39, 0.29) is 5.92 Å². The van der Waals surface area contributed by atoms with Gasteiger partial charge in [-0.1, -0.05) is 11.6 Å². The van der Waals surface area contributed by atoms with E-state index in [4.69, 9.17) is 16.7 Å². The van der Waals surface area contributed by atoms with Crippen molar-refractivity contribution >= 4 is 34.2 Å². The minimum absolute atomic E-state index is 0.0180. The monoisotopic (exact) mass is 438 g/mol. The summed E-state index contributed by atoms with van der Waals surface area (Å²) in [6.07, 6.45) is 4.14. The van der Waals surface area contributed by atoms with Gasteiger partial charge < -0.3 is 9.80 Å². The number of piperidine rings is 1. The Morgan fingerprint density at radius 2 is 1.77 bits per heavy atom. The highest BCUT2D eigenvalue weighted by Crippen LogP contribution is 2.32. The zero-order valence-electron chi connectivity index (χ0n) is 18.0. The molecule has 0 radical (unpaired) electrons. The van der Waals surface area contributed by atoms with Crippen LogP contribution in [0, 0.1) is 19.8 Å². The lowest BCUT2D eigenvalue weighted by Gasteiger charge is -2.34. The van der Waals surface area contributed by atoms with E-state index in [9.17, 15) is 4.79 Å². The summed E-state index contributed by atoms with van der Waals surface area (Å²) in [6.45, 7) is 7.36. The number of anilines is 1. The van der Waals surface area contributed by atoms with Crippen molar-refractivity contribution in [2.45, 2.75) is 39.5 Å². The number of carbonyl (C=O) groups excluding carboxylic acids is 1. The van der Waals surface area contributed by atoms with Crippen LogP contribution < -0.4 is 4.90 Å². The van der Waals surface area contributed by atoms with E-state index in [2.05, 4.69) is 22.0 Å². The van der Waals surface area contributed by atoms with Crippen LogP contribution in [-0.2, 0) is 4.79 Å². The smallest absolute Gasteiger partial charge is 0.227 e. The molecule has 0 N–H and O–H groups in total.